The molecule has 1 heterocycles. The predicted molar refractivity (Wildman–Crippen MR) is 84.1 cm³/mol. The summed E-state index contributed by atoms with van der Waals surface area (Å²) in [6, 6.07) is 14.0. The molecule has 0 radical (unpaired) electrons. The van der Waals surface area contributed by atoms with Crippen LogP contribution in [0.2, 0.25) is 0 Å². The lowest BCUT2D eigenvalue weighted by Gasteiger charge is -2.34. The maximum absolute atomic E-state index is 12.5. The fourth-order valence-corrected chi connectivity index (χ4v) is 2.63. The standard InChI is InChI=1S/C17H16N2O3/c1-11-16(20)19(15-8-3-2-7-14(15)18-11)10-12-5-4-6-13(9-12)17(21)22/h2-9,11,18H,10H2,1H3,(H,21,22). The Morgan fingerprint density at radius 3 is 2.77 bits per heavy atom. The average Bonchev–Trinajstić information content (AvgIpc) is 2.52. The first-order chi connectivity index (χ1) is 10.6. The van der Waals surface area contributed by atoms with Crippen LogP contribution in [0.5, 0.6) is 0 Å². The molecule has 0 saturated carbocycles. The summed E-state index contributed by atoms with van der Waals surface area (Å²) in [4.78, 5) is 25.2. The molecule has 0 saturated heterocycles. The van der Waals surface area contributed by atoms with Crippen molar-refractivity contribution in [3.8, 4) is 0 Å². The van der Waals surface area contributed by atoms with Crippen LogP contribution in [0.15, 0.2) is 48.5 Å². The number of para-hydroxylation sites is 2. The van der Waals surface area contributed by atoms with Gasteiger partial charge >= 0.3 is 5.97 Å². The third kappa shape index (κ3) is 2.53. The number of aromatic carboxylic acids is 1. The Balaban J connectivity index is 1.95. The number of nitrogens with zero attached hydrogens (tertiary/aromatic N) is 1. The lowest BCUT2D eigenvalue weighted by Crippen LogP contribution is -2.45. The van der Waals surface area contributed by atoms with Gasteiger partial charge in [0.15, 0.2) is 0 Å². The van der Waals surface area contributed by atoms with E-state index in [1.165, 1.54) is 0 Å². The fraction of sp³-hybridized carbons (Fsp3) is 0.176. The van der Waals surface area contributed by atoms with Crippen molar-refractivity contribution in [2.45, 2.75) is 19.5 Å². The summed E-state index contributed by atoms with van der Waals surface area (Å²) in [7, 11) is 0. The van der Waals surface area contributed by atoms with Gasteiger partial charge in [-0.1, -0.05) is 24.3 Å². The highest BCUT2D eigenvalue weighted by atomic mass is 16.4. The van der Waals surface area contributed by atoms with Crippen LogP contribution in [-0.2, 0) is 11.3 Å². The second-order valence-corrected chi connectivity index (χ2v) is 5.31. The molecule has 5 nitrogen and oxygen atoms in total. The lowest BCUT2D eigenvalue weighted by atomic mass is 10.1. The number of carbonyl (C=O) groups excluding carboxylic acids is 1. The van der Waals surface area contributed by atoms with Crippen molar-refractivity contribution in [2.24, 2.45) is 0 Å². The molecule has 3 rings (SSSR count). The number of carboxylic acids is 1. The molecule has 112 valence electrons. The van der Waals surface area contributed by atoms with Crippen LogP contribution in [-0.4, -0.2) is 23.0 Å². The molecule has 2 aromatic rings. The summed E-state index contributed by atoms with van der Waals surface area (Å²) in [5.41, 5.74) is 2.73. The maximum atomic E-state index is 12.5. The number of fused-ring (bicyclic) bond motifs is 1. The van der Waals surface area contributed by atoms with Gasteiger partial charge in [0.25, 0.3) is 0 Å². The maximum Gasteiger partial charge on any atom is 0.335 e. The van der Waals surface area contributed by atoms with Gasteiger partial charge < -0.3 is 15.3 Å². The van der Waals surface area contributed by atoms with Gasteiger partial charge in [0.2, 0.25) is 5.91 Å². The first-order valence-electron chi connectivity index (χ1n) is 7.05. The van der Waals surface area contributed by atoms with Gasteiger partial charge in [-0.3, -0.25) is 4.79 Å². The molecule has 2 N–H and O–H groups in total. The minimum absolute atomic E-state index is 0.0283. The molecule has 5 heteroatoms. The summed E-state index contributed by atoms with van der Waals surface area (Å²) < 4.78 is 0. The minimum atomic E-state index is -0.970. The Hall–Kier alpha value is -2.82. The molecule has 0 bridgehead atoms. The van der Waals surface area contributed by atoms with Crippen molar-refractivity contribution >= 4 is 23.3 Å². The Bertz CT molecular complexity index is 742. The van der Waals surface area contributed by atoms with E-state index in [2.05, 4.69) is 5.32 Å². The Labute approximate surface area is 128 Å². The molecular weight excluding hydrogens is 280 g/mol. The van der Waals surface area contributed by atoms with Gasteiger partial charge in [-0.05, 0) is 36.8 Å². The predicted octanol–water partition coefficient (Wildman–Crippen LogP) is 2.73. The molecule has 1 aliphatic heterocycles. The number of nitrogens with one attached hydrogen (secondary N) is 1. The van der Waals surface area contributed by atoms with E-state index >= 15 is 0 Å². The monoisotopic (exact) mass is 296 g/mol. The summed E-state index contributed by atoms with van der Waals surface area (Å²) in [6.45, 7) is 2.17. The van der Waals surface area contributed by atoms with E-state index in [1.807, 2.05) is 37.3 Å². The van der Waals surface area contributed by atoms with E-state index in [1.54, 1.807) is 23.1 Å². The van der Waals surface area contributed by atoms with E-state index in [9.17, 15) is 9.59 Å². The number of hydrogen-bond acceptors (Lipinski definition) is 3. The lowest BCUT2D eigenvalue weighted by molar-refractivity contribution is -0.119. The molecule has 2 aromatic carbocycles. The normalized spacial score (nSPS) is 16.9. The molecule has 22 heavy (non-hydrogen) atoms. The molecule has 1 amide bonds. The number of carbonyl (C=O) groups is 2. The number of carboxylic acid groups (broad SMARTS) is 1. The van der Waals surface area contributed by atoms with E-state index in [0.29, 0.717) is 6.54 Å². The van der Waals surface area contributed by atoms with Crippen LogP contribution < -0.4 is 10.2 Å². The SMILES string of the molecule is CC1Nc2ccccc2N(Cc2cccc(C(=O)O)c2)C1=O. The Kier molecular flexibility index (Phi) is 3.55. The van der Waals surface area contributed by atoms with Crippen LogP contribution >= 0.6 is 0 Å². The summed E-state index contributed by atoms with van der Waals surface area (Å²) >= 11 is 0. The van der Waals surface area contributed by atoms with Gasteiger partial charge in [-0.2, -0.15) is 0 Å². The van der Waals surface area contributed by atoms with E-state index < -0.39 is 5.97 Å². The van der Waals surface area contributed by atoms with Crippen LogP contribution in [0.1, 0.15) is 22.8 Å². The minimum Gasteiger partial charge on any atom is -0.478 e. The highest BCUT2D eigenvalue weighted by Gasteiger charge is 2.29. The van der Waals surface area contributed by atoms with E-state index in [0.717, 1.165) is 16.9 Å². The van der Waals surface area contributed by atoms with Gasteiger partial charge in [-0.25, -0.2) is 4.79 Å². The zero-order valence-electron chi connectivity index (χ0n) is 12.1. The largest absolute Gasteiger partial charge is 0.478 e. The topological polar surface area (TPSA) is 69.6 Å². The van der Waals surface area contributed by atoms with Gasteiger partial charge in [0.1, 0.15) is 6.04 Å². The zero-order chi connectivity index (χ0) is 15.7. The first kappa shape index (κ1) is 14.1. The molecule has 1 atom stereocenters. The van der Waals surface area contributed by atoms with E-state index in [4.69, 9.17) is 5.11 Å². The Morgan fingerprint density at radius 2 is 2.00 bits per heavy atom. The molecule has 0 aliphatic carbocycles. The summed E-state index contributed by atoms with van der Waals surface area (Å²) in [5, 5.41) is 12.2. The second kappa shape index (κ2) is 5.52. The number of benzene rings is 2. The first-order valence-corrected chi connectivity index (χ1v) is 7.05. The van der Waals surface area contributed by atoms with Crippen molar-refractivity contribution in [2.75, 3.05) is 10.2 Å². The third-order valence-corrected chi connectivity index (χ3v) is 3.72. The van der Waals surface area contributed by atoms with E-state index in [-0.39, 0.29) is 17.5 Å². The van der Waals surface area contributed by atoms with Crippen LogP contribution in [0.25, 0.3) is 0 Å². The van der Waals surface area contributed by atoms with Crippen molar-refractivity contribution < 1.29 is 14.7 Å². The number of rotatable bonds is 3. The van der Waals surface area contributed by atoms with Gasteiger partial charge in [0.05, 0.1) is 23.5 Å². The fourth-order valence-electron chi connectivity index (χ4n) is 2.63. The van der Waals surface area contributed by atoms with Crippen LogP contribution in [0.3, 0.4) is 0 Å². The number of amides is 1. The van der Waals surface area contributed by atoms with Crippen LogP contribution in [0.4, 0.5) is 11.4 Å². The Morgan fingerprint density at radius 1 is 1.23 bits per heavy atom. The molecule has 0 fully saturated rings. The van der Waals surface area contributed by atoms with Crippen molar-refractivity contribution in [3.05, 3.63) is 59.7 Å². The molecule has 0 spiro atoms. The molecular formula is C17H16N2O3. The molecule has 0 aromatic heterocycles. The average molecular weight is 296 g/mol. The highest BCUT2D eigenvalue weighted by molar-refractivity contribution is 6.04. The van der Waals surface area contributed by atoms with Crippen molar-refractivity contribution in [3.63, 3.8) is 0 Å². The third-order valence-electron chi connectivity index (χ3n) is 3.72. The zero-order valence-corrected chi connectivity index (χ0v) is 12.1. The second-order valence-electron chi connectivity index (χ2n) is 5.31. The van der Waals surface area contributed by atoms with Crippen molar-refractivity contribution in [1.82, 2.24) is 0 Å². The van der Waals surface area contributed by atoms with Crippen LogP contribution in [0, 0.1) is 0 Å². The number of anilines is 2. The van der Waals surface area contributed by atoms with Crippen molar-refractivity contribution in [1.29, 1.82) is 0 Å². The number of hydrogen-bond donors (Lipinski definition) is 2. The quantitative estimate of drug-likeness (QED) is 0.913. The summed E-state index contributed by atoms with van der Waals surface area (Å²) in [6.07, 6.45) is 0. The van der Waals surface area contributed by atoms with Gasteiger partial charge in [-0.15, -0.1) is 0 Å². The smallest absolute Gasteiger partial charge is 0.335 e. The summed E-state index contributed by atoms with van der Waals surface area (Å²) in [5.74, 6) is -0.998. The highest BCUT2D eigenvalue weighted by Crippen LogP contribution is 2.32. The molecule has 1 aliphatic rings. The molecule has 1 unspecified atom stereocenters. The van der Waals surface area contributed by atoms with Gasteiger partial charge in [0, 0.05) is 0 Å².